The Balaban J connectivity index is 2.03. The van der Waals surface area contributed by atoms with Gasteiger partial charge in [0.25, 0.3) is 11.4 Å². The molecule has 0 spiro atoms. The average molecular weight is 304 g/mol. The summed E-state index contributed by atoms with van der Waals surface area (Å²) < 4.78 is 0. The van der Waals surface area contributed by atoms with Crippen LogP contribution in [0.3, 0.4) is 0 Å². The summed E-state index contributed by atoms with van der Waals surface area (Å²) in [4.78, 5) is 20.8. The van der Waals surface area contributed by atoms with E-state index in [4.69, 9.17) is 11.5 Å². The minimum absolute atomic E-state index is 0.00990. The molecular weight excluding hydrogens is 288 g/mol. The molecule has 0 fully saturated rings. The number of nitro benzene ring substituents is 1. The summed E-state index contributed by atoms with van der Waals surface area (Å²) in [5, 5.41) is 21.7. The van der Waals surface area contributed by atoms with E-state index in [2.05, 4.69) is 0 Å². The van der Waals surface area contributed by atoms with Gasteiger partial charge in [0.05, 0.1) is 9.85 Å². The number of anilines is 1. The molecule has 1 atom stereocenters. The van der Waals surface area contributed by atoms with Gasteiger partial charge in [0, 0.05) is 12.5 Å². The van der Waals surface area contributed by atoms with Crippen LogP contribution in [0.5, 0.6) is 0 Å². The molecule has 22 heavy (non-hydrogen) atoms. The summed E-state index contributed by atoms with van der Waals surface area (Å²) in [7, 11) is 0. The number of nitrogen functional groups attached to an aromatic ring is 1. The van der Waals surface area contributed by atoms with Gasteiger partial charge >= 0.3 is 0 Å². The number of nitrogens with zero attached hydrogens (tertiary/aromatic N) is 2. The van der Waals surface area contributed by atoms with E-state index in [1.165, 1.54) is 12.1 Å². The molecule has 1 aromatic rings. The maximum Gasteiger partial charge on any atom is 0.292 e. The standard InChI is InChI=1S/C14H16N4O4/c15-11-5-3-9(7-13(11)17(19)20)1-2-10-4-6-12(16)14(8-10)18(21)22/h3-7,10H,1-2,8,15-16H2/t10-/m0/s1. The summed E-state index contributed by atoms with van der Waals surface area (Å²) in [6, 6.07) is 4.68. The predicted octanol–water partition coefficient (Wildman–Crippen LogP) is 2.13. The first-order valence-corrected chi connectivity index (χ1v) is 6.72. The van der Waals surface area contributed by atoms with E-state index in [1.807, 2.05) is 6.08 Å². The second-order valence-corrected chi connectivity index (χ2v) is 5.17. The van der Waals surface area contributed by atoms with Gasteiger partial charge in [-0.1, -0.05) is 12.1 Å². The van der Waals surface area contributed by atoms with Crippen molar-refractivity contribution in [3.8, 4) is 0 Å². The lowest BCUT2D eigenvalue weighted by Crippen LogP contribution is -2.16. The molecule has 8 heteroatoms. The van der Waals surface area contributed by atoms with E-state index < -0.39 is 9.85 Å². The minimum atomic E-state index is -0.520. The van der Waals surface area contributed by atoms with Gasteiger partial charge in [-0.25, -0.2) is 0 Å². The van der Waals surface area contributed by atoms with E-state index >= 15 is 0 Å². The van der Waals surface area contributed by atoms with E-state index in [1.54, 1.807) is 12.1 Å². The molecule has 1 aromatic carbocycles. The van der Waals surface area contributed by atoms with Crippen molar-refractivity contribution in [3.05, 3.63) is 67.5 Å². The zero-order valence-corrected chi connectivity index (χ0v) is 11.8. The Morgan fingerprint density at radius 2 is 1.91 bits per heavy atom. The normalized spacial score (nSPS) is 17.5. The lowest BCUT2D eigenvalue weighted by molar-refractivity contribution is -0.430. The fourth-order valence-electron chi connectivity index (χ4n) is 2.40. The molecular formula is C14H16N4O4. The monoisotopic (exact) mass is 304 g/mol. The van der Waals surface area contributed by atoms with Gasteiger partial charge in [0.1, 0.15) is 11.4 Å². The molecule has 1 aliphatic carbocycles. The van der Waals surface area contributed by atoms with Crippen molar-refractivity contribution in [2.24, 2.45) is 11.7 Å². The van der Waals surface area contributed by atoms with Crippen LogP contribution in [-0.2, 0) is 6.42 Å². The maximum absolute atomic E-state index is 10.9. The Hall–Kier alpha value is -2.90. The SMILES string of the molecule is NC1=C([N+](=O)[O-])C[C@@H](CCc2ccc(N)c([N+](=O)[O-])c2)C=C1. The van der Waals surface area contributed by atoms with Crippen LogP contribution in [0.25, 0.3) is 0 Å². The third-order valence-corrected chi connectivity index (χ3v) is 3.65. The molecule has 4 N–H and O–H groups in total. The minimum Gasteiger partial charge on any atom is -0.393 e. The molecule has 0 saturated heterocycles. The Morgan fingerprint density at radius 3 is 2.55 bits per heavy atom. The van der Waals surface area contributed by atoms with Gasteiger partial charge in [-0.05, 0) is 36.5 Å². The molecule has 0 unspecified atom stereocenters. The lowest BCUT2D eigenvalue weighted by atomic mass is 9.91. The fourth-order valence-corrected chi connectivity index (χ4v) is 2.40. The van der Waals surface area contributed by atoms with E-state index in [0.29, 0.717) is 12.8 Å². The smallest absolute Gasteiger partial charge is 0.292 e. The van der Waals surface area contributed by atoms with Crippen LogP contribution in [0.2, 0.25) is 0 Å². The van der Waals surface area contributed by atoms with Gasteiger partial charge in [0.2, 0.25) is 0 Å². The highest BCUT2D eigenvalue weighted by Gasteiger charge is 2.23. The van der Waals surface area contributed by atoms with Crippen molar-refractivity contribution >= 4 is 11.4 Å². The maximum atomic E-state index is 10.9. The van der Waals surface area contributed by atoms with Gasteiger partial charge in [-0.3, -0.25) is 20.2 Å². The number of nitrogens with two attached hydrogens (primary N) is 2. The number of hydrogen-bond acceptors (Lipinski definition) is 6. The van der Waals surface area contributed by atoms with Crippen LogP contribution in [-0.4, -0.2) is 9.85 Å². The first kappa shape index (κ1) is 15.5. The lowest BCUT2D eigenvalue weighted by Gasteiger charge is -2.15. The number of allylic oxidation sites excluding steroid dienone is 3. The Kier molecular flexibility index (Phi) is 4.40. The zero-order valence-electron chi connectivity index (χ0n) is 11.8. The van der Waals surface area contributed by atoms with Crippen LogP contribution in [0.1, 0.15) is 18.4 Å². The van der Waals surface area contributed by atoms with Crippen molar-refractivity contribution in [2.75, 3.05) is 5.73 Å². The van der Waals surface area contributed by atoms with E-state index in [-0.39, 0.29) is 35.1 Å². The largest absolute Gasteiger partial charge is 0.393 e. The second kappa shape index (κ2) is 6.25. The van der Waals surface area contributed by atoms with Crippen molar-refractivity contribution in [1.29, 1.82) is 0 Å². The molecule has 0 saturated carbocycles. The number of aryl methyl sites for hydroxylation is 1. The molecule has 2 rings (SSSR count). The van der Waals surface area contributed by atoms with Crippen molar-refractivity contribution in [3.63, 3.8) is 0 Å². The quantitative estimate of drug-likeness (QED) is 0.485. The number of benzene rings is 1. The molecule has 8 nitrogen and oxygen atoms in total. The van der Waals surface area contributed by atoms with Crippen LogP contribution in [0.15, 0.2) is 41.7 Å². The molecule has 116 valence electrons. The third kappa shape index (κ3) is 3.40. The predicted molar refractivity (Wildman–Crippen MR) is 81.3 cm³/mol. The fraction of sp³-hybridized carbons (Fsp3) is 0.286. The number of hydrogen-bond donors (Lipinski definition) is 2. The highest BCUT2D eigenvalue weighted by molar-refractivity contribution is 5.59. The van der Waals surface area contributed by atoms with Gasteiger partial charge in [-0.15, -0.1) is 0 Å². The number of nitro groups is 2. The molecule has 0 aromatic heterocycles. The first-order chi connectivity index (χ1) is 10.4. The number of rotatable bonds is 5. The van der Waals surface area contributed by atoms with Gasteiger partial charge in [0.15, 0.2) is 0 Å². The van der Waals surface area contributed by atoms with Crippen molar-refractivity contribution < 1.29 is 9.85 Å². The summed E-state index contributed by atoms with van der Waals surface area (Å²) >= 11 is 0. The van der Waals surface area contributed by atoms with E-state index in [0.717, 1.165) is 5.56 Å². The Bertz CT molecular complexity index is 681. The molecule has 0 heterocycles. The molecule has 1 aliphatic rings. The van der Waals surface area contributed by atoms with E-state index in [9.17, 15) is 20.2 Å². The summed E-state index contributed by atoms with van der Waals surface area (Å²) in [5.74, 6) is -0.00990. The summed E-state index contributed by atoms with van der Waals surface area (Å²) in [6.07, 6.45) is 4.88. The van der Waals surface area contributed by atoms with Crippen molar-refractivity contribution in [2.45, 2.75) is 19.3 Å². The van der Waals surface area contributed by atoms with Crippen LogP contribution < -0.4 is 11.5 Å². The zero-order chi connectivity index (χ0) is 16.3. The van der Waals surface area contributed by atoms with Gasteiger partial charge in [-0.2, -0.15) is 0 Å². The molecule has 0 bridgehead atoms. The Labute approximate surface area is 126 Å². The Morgan fingerprint density at radius 1 is 1.18 bits per heavy atom. The van der Waals surface area contributed by atoms with Gasteiger partial charge < -0.3 is 11.5 Å². The molecule has 0 radical (unpaired) electrons. The van der Waals surface area contributed by atoms with Crippen LogP contribution >= 0.6 is 0 Å². The second-order valence-electron chi connectivity index (χ2n) is 5.17. The average Bonchev–Trinajstić information content (AvgIpc) is 2.47. The molecule has 0 amide bonds. The summed E-state index contributed by atoms with van der Waals surface area (Å²) in [5.41, 5.74) is 12.1. The highest BCUT2D eigenvalue weighted by Crippen LogP contribution is 2.27. The first-order valence-electron chi connectivity index (χ1n) is 6.72. The van der Waals surface area contributed by atoms with Crippen LogP contribution in [0.4, 0.5) is 11.4 Å². The van der Waals surface area contributed by atoms with Crippen LogP contribution in [0, 0.1) is 26.1 Å². The third-order valence-electron chi connectivity index (χ3n) is 3.65. The molecule has 0 aliphatic heterocycles. The summed E-state index contributed by atoms with van der Waals surface area (Å²) in [6.45, 7) is 0. The van der Waals surface area contributed by atoms with Crippen molar-refractivity contribution in [1.82, 2.24) is 0 Å². The topological polar surface area (TPSA) is 138 Å². The highest BCUT2D eigenvalue weighted by atomic mass is 16.6.